The standard InChI is InChI=1S/C68H84N10O17S2/c1-37(2)52(69)60(84)71-38(3)58(82)72-43-16-14-42(41(26-43)15-18-49-54(79)55(80)56(81)57(95-49)62(87)88)29-93-64(89)76(23-25-97(90,91)92)22-24-94-68-33-65(5)30-66(6,34-68)32-67(31-65,35-68)36-78-39(4)46(27-70-78)44-17-19-51(74-53(44)61(85)86)77-21-20-40-10-9-11-45(47(40)28-77)59(83)75-63-73-48-12-7-8-13-50(48)96-63/h7-14,16-17,19,26-27,37-38,49,52,54-57,79-81H,15,18,20-25,28-36,69H2,1-6H3,(H,71,84)(H,72,82)(H,85,86)(H,87,88)(H,73,75,83)(H,90,91,92)/t38-,49+,52-,54+,55-,56+,57+,65?,66?,67?,68?/m1/s1. The molecule has 2 aliphatic heterocycles. The SMILES string of the molecule is Cc1c(-c2ccc(N3CCc4cccc(C(=O)Nc5nc6ccccc6s5)c4C3)nc2C(=O)O)cnn1CC12CC3(C)CC(C)(C1)CC(OCCN(CCS(=O)(=O)O)C(=O)OCc1ccc(NC(=O)[C@@H](C)NC(=O)[C@H](N)C(C)C)cc1CC[C@@H]1O[C@H](C(=O)O)[C@@H](O)[C@H](O)[C@H]1O)(C3)C2. The molecule has 4 aliphatic carbocycles. The summed E-state index contributed by atoms with van der Waals surface area (Å²) in [5.74, 6) is -4.78. The fourth-order valence-electron chi connectivity index (χ4n) is 16.2. The lowest BCUT2D eigenvalue weighted by molar-refractivity contribution is -0.248. The molecule has 3 aromatic carbocycles. The van der Waals surface area contributed by atoms with Gasteiger partial charge in [0.25, 0.3) is 16.0 Å². The minimum atomic E-state index is -4.59. The number of para-hydroxylation sites is 1. The third-order valence-corrected chi connectivity index (χ3v) is 21.5. The molecule has 0 radical (unpaired) electrons. The summed E-state index contributed by atoms with van der Waals surface area (Å²) in [4.78, 5) is 91.7. The number of aromatic carboxylic acids is 1. The topological polar surface area (TPSA) is 398 Å². The van der Waals surface area contributed by atoms with Crippen molar-refractivity contribution in [2.75, 3.05) is 47.5 Å². The maximum Gasteiger partial charge on any atom is 0.410 e. The summed E-state index contributed by atoms with van der Waals surface area (Å²) in [6.07, 6.45) is -2.72. The highest BCUT2D eigenvalue weighted by Gasteiger charge is 2.66. The zero-order chi connectivity index (χ0) is 69.7. The summed E-state index contributed by atoms with van der Waals surface area (Å²) in [6, 6.07) is 19.6. The van der Waals surface area contributed by atoms with Crippen molar-refractivity contribution in [2.24, 2.45) is 27.9 Å². The number of fused-ring (bicyclic) bond motifs is 2. The number of carboxylic acid groups (broad SMARTS) is 2. The third-order valence-electron chi connectivity index (χ3n) is 19.9. The molecule has 12 rings (SSSR count). The number of nitrogens with two attached hydrogens (primary N) is 1. The van der Waals surface area contributed by atoms with Crippen molar-refractivity contribution in [3.63, 3.8) is 0 Å². The number of aliphatic carboxylic acids is 1. The minimum Gasteiger partial charge on any atom is -0.479 e. The Bertz CT molecular complexity index is 4090. The van der Waals surface area contributed by atoms with E-state index in [4.69, 9.17) is 30.0 Å². The van der Waals surface area contributed by atoms with Crippen LogP contribution in [0.15, 0.2) is 79.0 Å². The number of nitrogens with one attached hydrogen (secondary N) is 3. The molecule has 4 amide bonds. The Labute approximate surface area is 564 Å². The summed E-state index contributed by atoms with van der Waals surface area (Å²) in [5, 5.41) is 65.9. The number of hydrogen-bond donors (Lipinski definition) is 10. The molecule has 5 heterocycles. The number of amides is 4. The summed E-state index contributed by atoms with van der Waals surface area (Å²) < 4.78 is 55.6. The van der Waals surface area contributed by atoms with E-state index in [9.17, 15) is 67.3 Å². The predicted octanol–water partition coefficient (Wildman–Crippen LogP) is 6.33. The zero-order valence-electron chi connectivity index (χ0n) is 54.9. The summed E-state index contributed by atoms with van der Waals surface area (Å²) in [6.45, 7) is 11.7. The number of nitrogens with zero attached hydrogens (tertiary/aromatic N) is 6. The van der Waals surface area contributed by atoms with Gasteiger partial charge >= 0.3 is 18.0 Å². The Morgan fingerprint density at radius 3 is 2.29 bits per heavy atom. The maximum absolute atomic E-state index is 14.2. The van der Waals surface area contributed by atoms with E-state index in [2.05, 4.69) is 34.8 Å². The molecular formula is C68H84N10O17S2. The molecule has 1 saturated heterocycles. The Hall–Kier alpha value is -8.00. The monoisotopic (exact) mass is 1380 g/mol. The quantitative estimate of drug-likeness (QED) is 0.0280. The number of carbonyl (C=O) groups is 6. The van der Waals surface area contributed by atoms with Crippen molar-refractivity contribution >= 4 is 84.1 Å². The van der Waals surface area contributed by atoms with Crippen LogP contribution in [0.4, 0.5) is 21.4 Å². The number of anilines is 3. The Balaban J connectivity index is 0.771. The molecule has 2 unspecified atom stereocenters. The van der Waals surface area contributed by atoms with Gasteiger partial charge in [-0.25, -0.2) is 24.4 Å². The number of aliphatic hydroxyl groups excluding tert-OH is 3. The molecule has 5 fully saturated rings. The Morgan fingerprint density at radius 1 is 0.845 bits per heavy atom. The lowest BCUT2D eigenvalue weighted by atomic mass is 9.39. The highest BCUT2D eigenvalue weighted by Crippen LogP contribution is 2.72. The number of benzene rings is 3. The average molecular weight is 1380 g/mol. The summed E-state index contributed by atoms with van der Waals surface area (Å²) >= 11 is 1.39. The molecule has 4 bridgehead atoms. The van der Waals surface area contributed by atoms with Gasteiger partial charge in [-0.2, -0.15) is 13.5 Å². The van der Waals surface area contributed by atoms with Crippen molar-refractivity contribution in [2.45, 2.75) is 167 Å². The van der Waals surface area contributed by atoms with Gasteiger partial charge in [-0.3, -0.25) is 28.9 Å². The van der Waals surface area contributed by atoms with Crippen LogP contribution < -0.4 is 26.6 Å². The smallest absolute Gasteiger partial charge is 0.410 e. The first-order chi connectivity index (χ1) is 45.8. The zero-order valence-corrected chi connectivity index (χ0v) is 56.5. The van der Waals surface area contributed by atoms with Gasteiger partial charge in [0.2, 0.25) is 11.8 Å². The van der Waals surface area contributed by atoms with Crippen LogP contribution in [0.3, 0.4) is 0 Å². The van der Waals surface area contributed by atoms with E-state index in [0.29, 0.717) is 71.2 Å². The molecule has 3 aromatic heterocycles. The number of carbonyl (C=O) groups excluding carboxylic acids is 4. The fraction of sp³-hybridized carbons (Fsp3) is 0.515. The summed E-state index contributed by atoms with van der Waals surface area (Å²) in [7, 11) is -4.59. The second kappa shape index (κ2) is 27.7. The fourth-order valence-corrected chi connectivity index (χ4v) is 17.6. The second-order valence-electron chi connectivity index (χ2n) is 28.2. The van der Waals surface area contributed by atoms with E-state index in [1.54, 1.807) is 38.2 Å². The predicted molar refractivity (Wildman–Crippen MR) is 357 cm³/mol. The number of aryl methyl sites for hydroxylation is 1. The van der Waals surface area contributed by atoms with Crippen LogP contribution in [0.1, 0.15) is 128 Å². The van der Waals surface area contributed by atoms with Crippen LogP contribution in [0, 0.1) is 29.1 Å². The van der Waals surface area contributed by atoms with Gasteiger partial charge in [-0.15, -0.1) is 0 Å². The largest absolute Gasteiger partial charge is 0.479 e. The number of hydrogen-bond acceptors (Lipinski definition) is 20. The molecule has 29 heteroatoms. The molecule has 27 nitrogen and oxygen atoms in total. The maximum atomic E-state index is 14.2. The molecule has 0 spiro atoms. The summed E-state index contributed by atoms with van der Waals surface area (Å²) in [5.41, 5.74) is 10.4. The van der Waals surface area contributed by atoms with Gasteiger partial charge in [-0.1, -0.05) is 69.4 Å². The van der Waals surface area contributed by atoms with E-state index in [-0.39, 0.29) is 65.4 Å². The van der Waals surface area contributed by atoms with E-state index >= 15 is 0 Å². The molecular weight excluding hydrogens is 1290 g/mol. The van der Waals surface area contributed by atoms with E-state index < -0.39 is 107 Å². The van der Waals surface area contributed by atoms with Crippen LogP contribution in [0.2, 0.25) is 0 Å². The number of aliphatic hydroxyl groups is 3. The number of rotatable bonds is 25. The molecule has 9 atom stereocenters. The van der Waals surface area contributed by atoms with Gasteiger partial charge in [-0.05, 0) is 159 Å². The van der Waals surface area contributed by atoms with Gasteiger partial charge < -0.3 is 65.9 Å². The van der Waals surface area contributed by atoms with Gasteiger partial charge in [0.15, 0.2) is 16.9 Å². The average Bonchev–Trinajstić information content (AvgIpc) is 0.762. The molecule has 520 valence electrons. The first-order valence-electron chi connectivity index (χ1n) is 32.5. The van der Waals surface area contributed by atoms with Gasteiger partial charge in [0.05, 0.1) is 46.5 Å². The van der Waals surface area contributed by atoms with Crippen LogP contribution in [0.5, 0.6) is 0 Å². The number of carboxylic acids is 2. The second-order valence-corrected chi connectivity index (χ2v) is 30.8. The van der Waals surface area contributed by atoms with Gasteiger partial charge in [0, 0.05) is 60.8 Å². The lowest BCUT2D eigenvalue weighted by Gasteiger charge is -2.69. The normalized spacial score (nSPS) is 25.7. The molecule has 11 N–H and O–H groups in total. The van der Waals surface area contributed by atoms with Crippen LogP contribution >= 0.6 is 11.3 Å². The lowest BCUT2D eigenvalue weighted by Crippen LogP contribution is -2.64. The van der Waals surface area contributed by atoms with E-state index in [1.165, 1.54) is 30.4 Å². The van der Waals surface area contributed by atoms with Crippen molar-refractivity contribution in [3.8, 4) is 11.1 Å². The van der Waals surface area contributed by atoms with Crippen LogP contribution in [-0.4, -0.2) is 179 Å². The first kappa shape index (κ1) is 70.3. The van der Waals surface area contributed by atoms with E-state index in [0.717, 1.165) is 64.0 Å². The first-order valence-corrected chi connectivity index (χ1v) is 35.0. The van der Waals surface area contributed by atoms with Crippen LogP contribution in [-0.2, 0) is 71.3 Å². The molecule has 6 aromatic rings. The molecule has 4 saturated carbocycles. The van der Waals surface area contributed by atoms with Crippen molar-refractivity contribution in [1.29, 1.82) is 0 Å². The Kier molecular flexibility index (Phi) is 20.1. The minimum absolute atomic E-state index is 0.0291. The number of aromatic nitrogens is 4. The molecule has 6 aliphatic rings. The van der Waals surface area contributed by atoms with E-state index in [1.807, 2.05) is 59.0 Å². The highest BCUT2D eigenvalue weighted by molar-refractivity contribution is 7.85. The number of pyridine rings is 1. The van der Waals surface area contributed by atoms with Crippen molar-refractivity contribution in [3.05, 3.63) is 118 Å². The number of thiazole rings is 1. The number of ether oxygens (including phenoxy) is 3. The van der Waals surface area contributed by atoms with Crippen LogP contribution in [0.25, 0.3) is 21.3 Å². The van der Waals surface area contributed by atoms with Crippen molar-refractivity contribution in [1.82, 2.24) is 30.0 Å². The highest BCUT2D eigenvalue weighted by atomic mass is 32.2. The molecule has 97 heavy (non-hydrogen) atoms. The van der Waals surface area contributed by atoms with Gasteiger partial charge in [0.1, 0.15) is 36.8 Å². The van der Waals surface area contributed by atoms with Crippen molar-refractivity contribution < 1.29 is 81.5 Å². The Morgan fingerprint density at radius 2 is 1.59 bits per heavy atom. The third kappa shape index (κ3) is 15.5.